The van der Waals surface area contributed by atoms with Gasteiger partial charge in [0, 0.05) is 6.92 Å². The van der Waals surface area contributed by atoms with E-state index in [1.54, 1.807) is 24.3 Å². The highest BCUT2D eigenvalue weighted by atomic mass is 16.5. The smallest absolute Gasteiger partial charge is 0.308 e. The van der Waals surface area contributed by atoms with Gasteiger partial charge in [-0.15, -0.1) is 0 Å². The number of ether oxygens (including phenoxy) is 1. The van der Waals surface area contributed by atoms with Crippen LogP contribution in [0.4, 0.5) is 0 Å². The van der Waals surface area contributed by atoms with Crippen LogP contribution in [-0.4, -0.2) is 11.8 Å². The molecule has 0 saturated heterocycles. The highest BCUT2D eigenvalue weighted by Crippen LogP contribution is 2.18. The summed E-state index contributed by atoms with van der Waals surface area (Å²) in [6.07, 6.45) is 1.18. The zero-order valence-corrected chi connectivity index (χ0v) is 7.82. The van der Waals surface area contributed by atoms with Crippen molar-refractivity contribution in [2.45, 2.75) is 6.92 Å². The van der Waals surface area contributed by atoms with Crippen molar-refractivity contribution in [1.82, 2.24) is 0 Å². The van der Waals surface area contributed by atoms with Crippen LogP contribution in [0.15, 0.2) is 36.9 Å². The summed E-state index contributed by atoms with van der Waals surface area (Å²) in [5.41, 5.74) is 0.345. The number of carbonyl (C=O) groups is 2. The van der Waals surface area contributed by atoms with Gasteiger partial charge >= 0.3 is 5.97 Å². The minimum atomic E-state index is -0.450. The summed E-state index contributed by atoms with van der Waals surface area (Å²) < 4.78 is 4.86. The molecule has 0 amide bonds. The van der Waals surface area contributed by atoms with Gasteiger partial charge in [-0.2, -0.15) is 0 Å². The second-order valence-electron chi connectivity index (χ2n) is 2.66. The fourth-order valence-electron chi connectivity index (χ4n) is 1.02. The lowest BCUT2D eigenvalue weighted by atomic mass is 10.1. The molecule has 0 fully saturated rings. The van der Waals surface area contributed by atoms with Crippen molar-refractivity contribution in [1.29, 1.82) is 0 Å². The van der Waals surface area contributed by atoms with Crippen molar-refractivity contribution in [3.63, 3.8) is 0 Å². The van der Waals surface area contributed by atoms with Crippen LogP contribution >= 0.6 is 0 Å². The Morgan fingerprint density at radius 2 is 2.00 bits per heavy atom. The highest BCUT2D eigenvalue weighted by molar-refractivity contribution is 6.06. The molecule has 3 nitrogen and oxygen atoms in total. The summed E-state index contributed by atoms with van der Waals surface area (Å²) in [6, 6.07) is 6.54. The number of para-hydroxylation sites is 1. The predicted molar refractivity (Wildman–Crippen MR) is 52.3 cm³/mol. The molecule has 0 saturated carbocycles. The van der Waals surface area contributed by atoms with E-state index in [2.05, 4.69) is 6.58 Å². The van der Waals surface area contributed by atoms with Gasteiger partial charge in [-0.05, 0) is 18.2 Å². The normalized spacial score (nSPS) is 9.21. The number of hydrogen-bond acceptors (Lipinski definition) is 3. The average molecular weight is 190 g/mol. The van der Waals surface area contributed by atoms with E-state index in [0.717, 1.165) is 0 Å². The summed E-state index contributed by atoms with van der Waals surface area (Å²) in [4.78, 5) is 22.0. The van der Waals surface area contributed by atoms with Crippen molar-refractivity contribution in [2.24, 2.45) is 0 Å². The lowest BCUT2D eigenvalue weighted by molar-refractivity contribution is -0.131. The van der Waals surface area contributed by atoms with Crippen LogP contribution in [0.5, 0.6) is 5.75 Å². The summed E-state index contributed by atoms with van der Waals surface area (Å²) in [7, 11) is 0. The number of hydrogen-bond donors (Lipinski definition) is 0. The van der Waals surface area contributed by atoms with Crippen LogP contribution in [0.3, 0.4) is 0 Å². The summed E-state index contributed by atoms with van der Waals surface area (Å²) in [5.74, 6) is -0.443. The molecular weight excluding hydrogens is 180 g/mol. The Labute approximate surface area is 82.0 Å². The van der Waals surface area contributed by atoms with Gasteiger partial charge < -0.3 is 4.74 Å². The molecule has 1 aromatic rings. The highest BCUT2D eigenvalue weighted by Gasteiger charge is 2.09. The second-order valence-corrected chi connectivity index (χ2v) is 2.66. The van der Waals surface area contributed by atoms with Gasteiger partial charge in [0.1, 0.15) is 5.75 Å². The number of ketones is 1. The molecule has 0 bridgehead atoms. The van der Waals surface area contributed by atoms with E-state index in [1.807, 2.05) is 0 Å². The Morgan fingerprint density at radius 3 is 2.57 bits per heavy atom. The molecule has 72 valence electrons. The van der Waals surface area contributed by atoms with Gasteiger partial charge in [-0.3, -0.25) is 9.59 Å². The van der Waals surface area contributed by atoms with Crippen molar-refractivity contribution in [3.8, 4) is 5.75 Å². The number of allylic oxidation sites excluding steroid dienone is 1. The zero-order chi connectivity index (χ0) is 10.6. The second kappa shape index (κ2) is 4.37. The van der Waals surface area contributed by atoms with E-state index in [-0.39, 0.29) is 11.5 Å². The fraction of sp³-hybridized carbons (Fsp3) is 0.0909. The van der Waals surface area contributed by atoms with Crippen LogP contribution in [-0.2, 0) is 4.79 Å². The third-order valence-corrected chi connectivity index (χ3v) is 1.59. The van der Waals surface area contributed by atoms with E-state index in [0.29, 0.717) is 5.56 Å². The predicted octanol–water partition coefficient (Wildman–Crippen LogP) is 1.98. The maximum Gasteiger partial charge on any atom is 0.308 e. The third-order valence-electron chi connectivity index (χ3n) is 1.59. The Morgan fingerprint density at radius 1 is 1.36 bits per heavy atom. The summed E-state index contributed by atoms with van der Waals surface area (Å²) >= 11 is 0. The molecule has 3 heteroatoms. The Bertz CT molecular complexity index is 380. The molecule has 1 rings (SSSR count). The Kier molecular flexibility index (Phi) is 3.18. The standard InChI is InChI=1S/C11H10O3/c1-3-10(13)9-6-4-5-7-11(9)14-8(2)12/h3-7H,1H2,2H3. The molecule has 0 spiro atoms. The lowest BCUT2D eigenvalue weighted by Gasteiger charge is -2.04. The minimum absolute atomic E-state index is 0.262. The van der Waals surface area contributed by atoms with Crippen molar-refractivity contribution in [2.75, 3.05) is 0 Å². The first-order valence-electron chi connectivity index (χ1n) is 4.09. The van der Waals surface area contributed by atoms with E-state index in [1.165, 1.54) is 13.0 Å². The SMILES string of the molecule is C=CC(=O)c1ccccc1OC(C)=O. The molecule has 0 aliphatic rings. The summed E-state index contributed by atoms with van der Waals surface area (Å²) in [5, 5.41) is 0. The quantitative estimate of drug-likeness (QED) is 0.317. The van der Waals surface area contributed by atoms with Gasteiger partial charge in [-0.1, -0.05) is 18.7 Å². The first-order valence-corrected chi connectivity index (χ1v) is 4.09. The molecule has 0 radical (unpaired) electrons. The first-order chi connectivity index (χ1) is 6.65. The van der Waals surface area contributed by atoms with E-state index < -0.39 is 5.97 Å². The Hall–Kier alpha value is -1.90. The fourth-order valence-corrected chi connectivity index (χ4v) is 1.02. The van der Waals surface area contributed by atoms with Gasteiger partial charge in [-0.25, -0.2) is 0 Å². The topological polar surface area (TPSA) is 43.4 Å². The van der Waals surface area contributed by atoms with Crippen LogP contribution in [0.1, 0.15) is 17.3 Å². The van der Waals surface area contributed by atoms with Crippen molar-refractivity contribution < 1.29 is 14.3 Å². The molecule has 0 atom stereocenters. The molecule has 0 aromatic heterocycles. The van der Waals surface area contributed by atoms with Gasteiger partial charge in [0.25, 0.3) is 0 Å². The van der Waals surface area contributed by atoms with Gasteiger partial charge in [0.15, 0.2) is 5.78 Å². The molecular formula is C11H10O3. The first kappa shape index (κ1) is 10.2. The zero-order valence-electron chi connectivity index (χ0n) is 7.82. The largest absolute Gasteiger partial charge is 0.426 e. The van der Waals surface area contributed by atoms with Gasteiger partial charge in [0.05, 0.1) is 5.56 Å². The molecule has 0 aliphatic heterocycles. The maximum absolute atomic E-state index is 11.3. The number of esters is 1. The van der Waals surface area contributed by atoms with Crippen molar-refractivity contribution >= 4 is 11.8 Å². The monoisotopic (exact) mass is 190 g/mol. The average Bonchev–Trinajstić information content (AvgIpc) is 2.16. The molecule has 0 aliphatic carbocycles. The van der Waals surface area contributed by atoms with Crippen LogP contribution < -0.4 is 4.74 Å². The Balaban J connectivity index is 3.08. The van der Waals surface area contributed by atoms with Crippen molar-refractivity contribution in [3.05, 3.63) is 42.5 Å². The van der Waals surface area contributed by atoms with E-state index in [4.69, 9.17) is 4.74 Å². The maximum atomic E-state index is 11.3. The third kappa shape index (κ3) is 2.29. The van der Waals surface area contributed by atoms with Gasteiger partial charge in [0.2, 0.25) is 0 Å². The lowest BCUT2D eigenvalue weighted by Crippen LogP contribution is -2.06. The minimum Gasteiger partial charge on any atom is -0.426 e. The number of carbonyl (C=O) groups excluding carboxylic acids is 2. The van der Waals surface area contributed by atoms with Crippen LogP contribution in [0.25, 0.3) is 0 Å². The van der Waals surface area contributed by atoms with E-state index in [9.17, 15) is 9.59 Å². The number of rotatable bonds is 3. The van der Waals surface area contributed by atoms with Crippen LogP contribution in [0.2, 0.25) is 0 Å². The molecule has 0 N–H and O–H groups in total. The van der Waals surface area contributed by atoms with E-state index >= 15 is 0 Å². The summed E-state index contributed by atoms with van der Waals surface area (Å²) in [6.45, 7) is 4.65. The molecule has 0 unspecified atom stereocenters. The molecule has 0 heterocycles. The molecule has 1 aromatic carbocycles. The number of benzene rings is 1. The van der Waals surface area contributed by atoms with Crippen LogP contribution in [0, 0.1) is 0 Å². The molecule has 14 heavy (non-hydrogen) atoms.